The van der Waals surface area contributed by atoms with E-state index in [9.17, 15) is 23.3 Å². The summed E-state index contributed by atoms with van der Waals surface area (Å²) in [5.74, 6) is -0.350. The van der Waals surface area contributed by atoms with Crippen LogP contribution in [0.2, 0.25) is 0 Å². The maximum atomic E-state index is 12.7. The number of piperazine rings is 1. The van der Waals surface area contributed by atoms with Crippen LogP contribution in [-0.4, -0.2) is 67.4 Å². The van der Waals surface area contributed by atoms with E-state index in [1.165, 1.54) is 28.7 Å². The van der Waals surface area contributed by atoms with Gasteiger partial charge in [0.15, 0.2) is 0 Å². The average Bonchev–Trinajstić information content (AvgIpc) is 2.74. The van der Waals surface area contributed by atoms with Crippen LogP contribution in [-0.2, 0) is 14.8 Å². The van der Waals surface area contributed by atoms with Gasteiger partial charge in [0.25, 0.3) is 11.6 Å². The molecule has 11 heteroatoms. The lowest BCUT2D eigenvalue weighted by Gasteiger charge is -2.33. The maximum Gasteiger partial charge on any atom is 0.270 e. The summed E-state index contributed by atoms with van der Waals surface area (Å²) in [5.41, 5.74) is 3.80. The molecule has 1 amide bonds. The molecule has 0 aliphatic carbocycles. The van der Waals surface area contributed by atoms with Crippen LogP contribution in [0.25, 0.3) is 0 Å². The number of hydrazone groups is 1. The largest absolute Gasteiger partial charge is 0.292 e. The minimum absolute atomic E-state index is 0.0614. The number of nitro groups is 1. The van der Waals surface area contributed by atoms with E-state index < -0.39 is 14.9 Å². The van der Waals surface area contributed by atoms with Crippen molar-refractivity contribution in [3.8, 4) is 0 Å². The fourth-order valence-corrected chi connectivity index (χ4v) is 4.55. The third-order valence-electron chi connectivity index (χ3n) is 4.84. The van der Waals surface area contributed by atoms with E-state index >= 15 is 0 Å². The second kappa shape index (κ2) is 9.77. The number of nitro benzene ring substituents is 1. The molecule has 10 nitrogen and oxygen atoms in total. The summed E-state index contributed by atoms with van der Waals surface area (Å²) in [4.78, 5) is 24.5. The van der Waals surface area contributed by atoms with Gasteiger partial charge in [0.2, 0.25) is 10.0 Å². The predicted octanol–water partition coefficient (Wildman–Crippen LogP) is 1.36. The summed E-state index contributed by atoms with van der Waals surface area (Å²) in [6, 6.07) is 12.6. The van der Waals surface area contributed by atoms with Gasteiger partial charge in [-0.15, -0.1) is 0 Å². The number of amides is 1. The van der Waals surface area contributed by atoms with Crippen LogP contribution in [0.3, 0.4) is 0 Å². The van der Waals surface area contributed by atoms with Crippen molar-refractivity contribution in [2.75, 3.05) is 32.7 Å². The summed E-state index contributed by atoms with van der Waals surface area (Å²) in [5, 5.41) is 14.6. The molecule has 0 radical (unpaired) electrons. The highest BCUT2D eigenvalue weighted by Gasteiger charge is 2.28. The van der Waals surface area contributed by atoms with Gasteiger partial charge >= 0.3 is 0 Å². The van der Waals surface area contributed by atoms with Crippen molar-refractivity contribution >= 4 is 27.8 Å². The van der Waals surface area contributed by atoms with Crippen LogP contribution >= 0.6 is 0 Å². The van der Waals surface area contributed by atoms with Gasteiger partial charge in [-0.3, -0.25) is 19.8 Å². The number of sulfonamides is 1. The van der Waals surface area contributed by atoms with Gasteiger partial charge in [-0.25, -0.2) is 13.8 Å². The summed E-state index contributed by atoms with van der Waals surface area (Å²) < 4.78 is 26.9. The quantitative estimate of drug-likeness (QED) is 0.390. The Morgan fingerprint density at radius 2 is 1.84 bits per heavy atom. The SMILES string of the molecule is Cc1ccc(S(=O)(=O)N2CCN(CC(=O)N/N=C/c3cccc([N+](=O)[O-])c3)CC2)cc1. The van der Waals surface area contributed by atoms with Crippen molar-refractivity contribution in [2.24, 2.45) is 5.10 Å². The molecule has 0 spiro atoms. The highest BCUT2D eigenvalue weighted by molar-refractivity contribution is 7.89. The van der Waals surface area contributed by atoms with Gasteiger partial charge in [-0.2, -0.15) is 9.41 Å². The Morgan fingerprint density at radius 1 is 1.16 bits per heavy atom. The van der Waals surface area contributed by atoms with Crippen LogP contribution in [0.5, 0.6) is 0 Å². The molecule has 1 aliphatic rings. The second-order valence-corrected chi connectivity index (χ2v) is 9.08. The van der Waals surface area contributed by atoms with Crippen molar-refractivity contribution in [2.45, 2.75) is 11.8 Å². The summed E-state index contributed by atoms with van der Waals surface area (Å²) in [6.07, 6.45) is 1.33. The molecule has 0 saturated carbocycles. The first-order valence-corrected chi connectivity index (χ1v) is 11.1. The molecule has 3 rings (SSSR count). The van der Waals surface area contributed by atoms with Gasteiger partial charge in [-0.1, -0.05) is 29.8 Å². The Hall–Kier alpha value is -3.15. The molecule has 0 aromatic heterocycles. The van der Waals surface area contributed by atoms with Gasteiger partial charge in [0.05, 0.1) is 22.6 Å². The molecule has 1 fully saturated rings. The number of benzene rings is 2. The van der Waals surface area contributed by atoms with Crippen molar-refractivity contribution in [1.82, 2.24) is 14.6 Å². The molecule has 0 bridgehead atoms. The number of non-ortho nitro benzene ring substituents is 1. The Kier molecular flexibility index (Phi) is 7.10. The number of hydrogen-bond donors (Lipinski definition) is 1. The van der Waals surface area contributed by atoms with E-state index in [1.54, 1.807) is 30.3 Å². The normalized spacial score (nSPS) is 15.8. The first kappa shape index (κ1) is 22.5. The average molecular weight is 446 g/mol. The molecule has 1 aliphatic heterocycles. The topological polar surface area (TPSA) is 125 Å². The van der Waals surface area contributed by atoms with E-state index in [2.05, 4.69) is 10.5 Å². The highest BCUT2D eigenvalue weighted by Crippen LogP contribution is 2.18. The fourth-order valence-electron chi connectivity index (χ4n) is 3.12. The van der Waals surface area contributed by atoms with E-state index in [4.69, 9.17) is 0 Å². The monoisotopic (exact) mass is 445 g/mol. The number of carbonyl (C=O) groups is 1. The van der Waals surface area contributed by atoms with Crippen molar-refractivity contribution in [3.05, 3.63) is 69.8 Å². The van der Waals surface area contributed by atoms with E-state index in [-0.39, 0.29) is 23.0 Å². The molecule has 2 aromatic carbocycles. The van der Waals surface area contributed by atoms with Crippen molar-refractivity contribution in [3.63, 3.8) is 0 Å². The third-order valence-corrected chi connectivity index (χ3v) is 6.75. The highest BCUT2D eigenvalue weighted by atomic mass is 32.2. The minimum Gasteiger partial charge on any atom is -0.292 e. The zero-order chi connectivity index (χ0) is 22.4. The maximum absolute atomic E-state index is 12.7. The van der Waals surface area contributed by atoms with Gasteiger partial charge < -0.3 is 0 Å². The molecule has 1 heterocycles. The lowest BCUT2D eigenvalue weighted by Crippen LogP contribution is -2.50. The molecule has 1 N–H and O–H groups in total. The molecule has 0 atom stereocenters. The van der Waals surface area contributed by atoms with Gasteiger partial charge in [-0.05, 0) is 19.1 Å². The molecule has 31 heavy (non-hydrogen) atoms. The lowest BCUT2D eigenvalue weighted by molar-refractivity contribution is -0.384. The molecular formula is C20H23N5O5S. The van der Waals surface area contributed by atoms with Crippen LogP contribution in [0, 0.1) is 17.0 Å². The zero-order valence-electron chi connectivity index (χ0n) is 17.0. The zero-order valence-corrected chi connectivity index (χ0v) is 17.8. The Labute approximate surface area is 180 Å². The Bertz CT molecular complexity index is 1080. The summed E-state index contributed by atoms with van der Waals surface area (Å²) >= 11 is 0. The van der Waals surface area contributed by atoms with E-state index in [1.807, 2.05) is 11.8 Å². The van der Waals surface area contributed by atoms with E-state index in [0.717, 1.165) is 5.56 Å². The molecule has 0 unspecified atom stereocenters. The number of nitrogens with one attached hydrogen (secondary N) is 1. The fraction of sp³-hybridized carbons (Fsp3) is 0.300. The van der Waals surface area contributed by atoms with Crippen LogP contribution in [0.4, 0.5) is 5.69 Å². The van der Waals surface area contributed by atoms with Crippen LogP contribution in [0.15, 0.2) is 58.5 Å². The second-order valence-electron chi connectivity index (χ2n) is 7.14. The molecule has 1 saturated heterocycles. The predicted molar refractivity (Wildman–Crippen MR) is 115 cm³/mol. The summed E-state index contributed by atoms with van der Waals surface area (Å²) in [7, 11) is -3.55. The lowest BCUT2D eigenvalue weighted by atomic mass is 10.2. The number of hydrogen-bond acceptors (Lipinski definition) is 7. The molecule has 2 aromatic rings. The Balaban J connectivity index is 1.48. The van der Waals surface area contributed by atoms with Crippen LogP contribution < -0.4 is 5.43 Å². The van der Waals surface area contributed by atoms with E-state index in [0.29, 0.717) is 31.7 Å². The van der Waals surface area contributed by atoms with Gasteiger partial charge in [0.1, 0.15) is 0 Å². The van der Waals surface area contributed by atoms with Crippen molar-refractivity contribution in [1.29, 1.82) is 0 Å². The smallest absolute Gasteiger partial charge is 0.270 e. The third kappa shape index (κ3) is 5.94. The first-order valence-electron chi connectivity index (χ1n) is 9.61. The molecular weight excluding hydrogens is 422 g/mol. The van der Waals surface area contributed by atoms with Crippen LogP contribution in [0.1, 0.15) is 11.1 Å². The Morgan fingerprint density at radius 3 is 2.48 bits per heavy atom. The first-order chi connectivity index (χ1) is 14.8. The minimum atomic E-state index is -3.55. The number of aryl methyl sites for hydroxylation is 1. The standard InChI is InChI=1S/C20H23N5O5S/c1-16-5-7-19(8-6-16)31(29,30)24-11-9-23(10-12-24)15-20(26)22-21-14-17-3-2-4-18(13-17)25(27)28/h2-8,13-14H,9-12,15H2,1H3,(H,22,26)/b21-14+. The van der Waals surface area contributed by atoms with Gasteiger partial charge in [0, 0.05) is 43.9 Å². The van der Waals surface area contributed by atoms with Crippen molar-refractivity contribution < 1.29 is 18.1 Å². The number of nitrogens with zero attached hydrogens (tertiary/aromatic N) is 4. The molecule has 164 valence electrons. The number of rotatable bonds is 7. The number of carbonyl (C=O) groups excluding carboxylic acids is 1. The summed E-state index contributed by atoms with van der Waals surface area (Å²) in [6.45, 7) is 3.40.